The molecule has 1 saturated carbocycles. The molecule has 116 valence electrons. The number of rotatable bonds is 3. The number of halogens is 2. The SMILES string of the molecule is CCN(C(=O)C1CC12CCNCC2)c1ccc(F)cc1.Cl. The molecule has 1 atom stereocenters. The molecular formula is C16H22ClFN2O. The molecule has 1 heterocycles. The van der Waals surface area contributed by atoms with Crippen molar-refractivity contribution in [3.05, 3.63) is 30.1 Å². The monoisotopic (exact) mass is 312 g/mol. The third kappa shape index (κ3) is 3.06. The highest BCUT2D eigenvalue weighted by molar-refractivity contribution is 5.97. The number of amides is 1. The molecule has 0 aromatic heterocycles. The summed E-state index contributed by atoms with van der Waals surface area (Å²) in [6.07, 6.45) is 3.22. The minimum atomic E-state index is -0.265. The molecule has 1 amide bonds. The Balaban J connectivity index is 0.00000161. The van der Waals surface area contributed by atoms with Gasteiger partial charge in [-0.05, 0) is 69.0 Å². The first kappa shape index (κ1) is 16.2. The number of benzene rings is 1. The number of nitrogens with zero attached hydrogens (tertiary/aromatic N) is 1. The zero-order chi connectivity index (χ0) is 14.2. The van der Waals surface area contributed by atoms with Gasteiger partial charge in [-0.25, -0.2) is 4.39 Å². The first-order valence-corrected chi connectivity index (χ1v) is 7.44. The van der Waals surface area contributed by atoms with E-state index in [4.69, 9.17) is 0 Å². The molecule has 1 N–H and O–H groups in total. The minimum Gasteiger partial charge on any atom is -0.317 e. The largest absolute Gasteiger partial charge is 0.317 e. The van der Waals surface area contributed by atoms with Crippen LogP contribution in [-0.4, -0.2) is 25.5 Å². The summed E-state index contributed by atoms with van der Waals surface area (Å²) in [6.45, 7) is 4.65. The van der Waals surface area contributed by atoms with Gasteiger partial charge in [0.2, 0.25) is 5.91 Å². The number of carbonyl (C=O) groups is 1. The lowest BCUT2D eigenvalue weighted by Gasteiger charge is -2.26. The molecule has 2 aliphatic rings. The van der Waals surface area contributed by atoms with Crippen molar-refractivity contribution < 1.29 is 9.18 Å². The Morgan fingerprint density at radius 1 is 1.33 bits per heavy atom. The van der Waals surface area contributed by atoms with Crippen LogP contribution in [0.1, 0.15) is 26.2 Å². The molecule has 1 saturated heterocycles. The van der Waals surface area contributed by atoms with Gasteiger partial charge in [-0.15, -0.1) is 12.4 Å². The van der Waals surface area contributed by atoms with Crippen LogP contribution < -0.4 is 10.2 Å². The lowest BCUT2D eigenvalue weighted by Crippen LogP contribution is -2.36. The average Bonchev–Trinajstić information content (AvgIpc) is 3.16. The summed E-state index contributed by atoms with van der Waals surface area (Å²) in [5.41, 5.74) is 1.05. The van der Waals surface area contributed by atoms with Crippen molar-refractivity contribution in [3.8, 4) is 0 Å². The maximum absolute atomic E-state index is 13.0. The van der Waals surface area contributed by atoms with Crippen LogP contribution in [-0.2, 0) is 4.79 Å². The van der Waals surface area contributed by atoms with Crippen LogP contribution in [0.2, 0.25) is 0 Å². The summed E-state index contributed by atoms with van der Waals surface area (Å²) in [7, 11) is 0. The van der Waals surface area contributed by atoms with Gasteiger partial charge in [0.1, 0.15) is 5.82 Å². The smallest absolute Gasteiger partial charge is 0.230 e. The van der Waals surface area contributed by atoms with Gasteiger partial charge in [0.05, 0.1) is 0 Å². The minimum absolute atomic E-state index is 0. The maximum Gasteiger partial charge on any atom is 0.230 e. The zero-order valence-electron chi connectivity index (χ0n) is 12.3. The Morgan fingerprint density at radius 3 is 2.52 bits per heavy atom. The van der Waals surface area contributed by atoms with Gasteiger partial charge < -0.3 is 10.2 Å². The van der Waals surface area contributed by atoms with Gasteiger partial charge in [0.25, 0.3) is 0 Å². The van der Waals surface area contributed by atoms with Crippen LogP contribution in [0.15, 0.2) is 24.3 Å². The second kappa shape index (κ2) is 6.32. The highest BCUT2D eigenvalue weighted by atomic mass is 35.5. The molecule has 2 fully saturated rings. The quantitative estimate of drug-likeness (QED) is 0.930. The second-order valence-corrected chi connectivity index (χ2v) is 5.93. The third-order valence-electron chi connectivity index (χ3n) is 4.81. The maximum atomic E-state index is 13.0. The van der Waals surface area contributed by atoms with Crippen molar-refractivity contribution >= 4 is 24.0 Å². The van der Waals surface area contributed by atoms with E-state index >= 15 is 0 Å². The van der Waals surface area contributed by atoms with Gasteiger partial charge in [0, 0.05) is 18.2 Å². The lowest BCUT2D eigenvalue weighted by atomic mass is 9.91. The molecule has 1 aromatic carbocycles. The van der Waals surface area contributed by atoms with E-state index in [9.17, 15) is 9.18 Å². The summed E-state index contributed by atoms with van der Waals surface area (Å²) in [5, 5.41) is 3.35. The fraction of sp³-hybridized carbons (Fsp3) is 0.562. The molecule has 0 bridgehead atoms. The number of piperidine rings is 1. The highest BCUT2D eigenvalue weighted by Gasteiger charge is 2.58. The van der Waals surface area contributed by atoms with Crippen LogP contribution in [0.5, 0.6) is 0 Å². The summed E-state index contributed by atoms with van der Waals surface area (Å²) in [6, 6.07) is 6.21. The summed E-state index contributed by atoms with van der Waals surface area (Å²) in [4.78, 5) is 14.5. The first-order chi connectivity index (χ1) is 9.66. The molecular weight excluding hydrogens is 291 g/mol. The van der Waals surface area contributed by atoms with Gasteiger partial charge in [-0.2, -0.15) is 0 Å². The molecule has 1 aliphatic carbocycles. The predicted octanol–water partition coefficient (Wildman–Crippen LogP) is 2.99. The standard InChI is InChI=1S/C16H21FN2O.ClH/c1-2-19(13-5-3-12(17)4-6-13)15(20)14-11-16(14)7-9-18-10-8-16;/h3-6,14,18H,2,7-11H2,1H3;1H. The number of hydrogen-bond acceptors (Lipinski definition) is 2. The Hall–Kier alpha value is -1.13. The highest BCUT2D eigenvalue weighted by Crippen LogP contribution is 2.59. The number of hydrogen-bond donors (Lipinski definition) is 1. The van der Waals surface area contributed by atoms with E-state index in [-0.39, 0.29) is 35.5 Å². The Kier molecular flexibility index (Phi) is 4.89. The number of carbonyl (C=O) groups excluding carboxylic acids is 1. The second-order valence-electron chi connectivity index (χ2n) is 5.93. The van der Waals surface area contributed by atoms with E-state index in [2.05, 4.69) is 5.32 Å². The Labute approximate surface area is 131 Å². The Bertz CT molecular complexity index is 500. The van der Waals surface area contributed by atoms with Crippen molar-refractivity contribution in [2.75, 3.05) is 24.5 Å². The van der Waals surface area contributed by atoms with Gasteiger partial charge in [-0.1, -0.05) is 0 Å². The summed E-state index contributed by atoms with van der Waals surface area (Å²) < 4.78 is 13.0. The summed E-state index contributed by atoms with van der Waals surface area (Å²) in [5.74, 6) is 0.106. The van der Waals surface area contributed by atoms with Crippen molar-refractivity contribution in [3.63, 3.8) is 0 Å². The lowest BCUT2D eigenvalue weighted by molar-refractivity contribution is -0.120. The topological polar surface area (TPSA) is 32.3 Å². The molecule has 3 nitrogen and oxygen atoms in total. The fourth-order valence-corrected chi connectivity index (χ4v) is 3.45. The molecule has 3 rings (SSSR count). The van der Waals surface area contributed by atoms with E-state index in [1.807, 2.05) is 6.92 Å². The van der Waals surface area contributed by atoms with Crippen molar-refractivity contribution in [2.24, 2.45) is 11.3 Å². The zero-order valence-corrected chi connectivity index (χ0v) is 13.1. The third-order valence-corrected chi connectivity index (χ3v) is 4.81. The van der Waals surface area contributed by atoms with Gasteiger partial charge in [0.15, 0.2) is 0 Å². The molecule has 5 heteroatoms. The van der Waals surface area contributed by atoms with E-state index < -0.39 is 0 Å². The van der Waals surface area contributed by atoms with Gasteiger partial charge >= 0.3 is 0 Å². The van der Waals surface area contributed by atoms with E-state index in [1.54, 1.807) is 17.0 Å². The summed E-state index contributed by atoms with van der Waals surface area (Å²) >= 11 is 0. The van der Waals surface area contributed by atoms with Crippen molar-refractivity contribution in [2.45, 2.75) is 26.2 Å². The first-order valence-electron chi connectivity index (χ1n) is 7.44. The number of anilines is 1. The van der Waals surface area contributed by atoms with E-state index in [1.165, 1.54) is 12.1 Å². The predicted molar refractivity (Wildman–Crippen MR) is 84.3 cm³/mol. The molecule has 0 radical (unpaired) electrons. The normalized spacial score (nSPS) is 22.5. The van der Waals surface area contributed by atoms with Crippen LogP contribution in [0.25, 0.3) is 0 Å². The number of nitrogens with one attached hydrogen (secondary N) is 1. The van der Waals surface area contributed by atoms with Gasteiger partial charge in [-0.3, -0.25) is 4.79 Å². The van der Waals surface area contributed by atoms with Crippen LogP contribution >= 0.6 is 12.4 Å². The van der Waals surface area contributed by atoms with Crippen molar-refractivity contribution in [1.82, 2.24) is 5.32 Å². The molecule has 21 heavy (non-hydrogen) atoms. The van der Waals surface area contributed by atoms with Crippen LogP contribution in [0, 0.1) is 17.2 Å². The van der Waals surface area contributed by atoms with E-state index in [0.717, 1.165) is 38.0 Å². The fourth-order valence-electron chi connectivity index (χ4n) is 3.45. The van der Waals surface area contributed by atoms with Crippen LogP contribution in [0.3, 0.4) is 0 Å². The average molecular weight is 313 g/mol. The Morgan fingerprint density at radius 2 is 1.95 bits per heavy atom. The molecule has 1 aliphatic heterocycles. The molecule has 1 unspecified atom stereocenters. The molecule has 1 aromatic rings. The van der Waals surface area contributed by atoms with Crippen LogP contribution in [0.4, 0.5) is 10.1 Å². The van der Waals surface area contributed by atoms with Crippen molar-refractivity contribution in [1.29, 1.82) is 0 Å². The van der Waals surface area contributed by atoms with E-state index in [0.29, 0.717) is 6.54 Å². The molecule has 1 spiro atoms.